The maximum absolute atomic E-state index is 13.2. The molecule has 1 aliphatic heterocycles. The van der Waals surface area contributed by atoms with E-state index in [1.165, 1.54) is 0 Å². The summed E-state index contributed by atoms with van der Waals surface area (Å²) in [4.78, 5) is 1.13. The standard InChI is InChI=1S/C11H12F5N3O2/c1-21-9-6(11(14,15)16)4-8(17-18-9)19-3-2-10(12,13)7(20)5-19/h4,7,20H,2-3,5H2,1H3. The highest BCUT2D eigenvalue weighted by Gasteiger charge is 2.44. The van der Waals surface area contributed by atoms with E-state index < -0.39 is 42.6 Å². The Morgan fingerprint density at radius 3 is 2.57 bits per heavy atom. The number of hydrogen-bond donors (Lipinski definition) is 1. The van der Waals surface area contributed by atoms with Crippen molar-refractivity contribution >= 4 is 5.82 Å². The molecule has 1 N–H and O–H groups in total. The van der Waals surface area contributed by atoms with Gasteiger partial charge in [0.05, 0.1) is 13.7 Å². The number of aliphatic hydroxyl groups excluding tert-OH is 1. The van der Waals surface area contributed by atoms with Crippen LogP contribution in [-0.4, -0.2) is 47.5 Å². The summed E-state index contributed by atoms with van der Waals surface area (Å²) in [6, 6.07) is 0.669. The molecular formula is C11H12F5N3O2. The summed E-state index contributed by atoms with van der Waals surface area (Å²) in [6.07, 6.45) is -7.36. The number of methoxy groups -OCH3 is 1. The summed E-state index contributed by atoms with van der Waals surface area (Å²) in [5, 5.41) is 16.1. The van der Waals surface area contributed by atoms with Gasteiger partial charge in [-0.15, -0.1) is 10.2 Å². The van der Waals surface area contributed by atoms with Gasteiger partial charge >= 0.3 is 6.18 Å². The van der Waals surface area contributed by atoms with Crippen LogP contribution in [0.15, 0.2) is 6.07 Å². The maximum atomic E-state index is 13.2. The number of ether oxygens (including phenoxy) is 1. The van der Waals surface area contributed by atoms with Crippen molar-refractivity contribution < 1.29 is 31.8 Å². The third kappa shape index (κ3) is 3.14. The summed E-state index contributed by atoms with van der Waals surface area (Å²) < 4.78 is 69.3. The molecule has 118 valence electrons. The van der Waals surface area contributed by atoms with E-state index in [0.717, 1.165) is 12.0 Å². The molecule has 0 aliphatic carbocycles. The molecule has 1 aromatic rings. The molecular weight excluding hydrogens is 301 g/mol. The summed E-state index contributed by atoms with van der Waals surface area (Å²) in [5.41, 5.74) is -1.15. The van der Waals surface area contributed by atoms with E-state index in [1.54, 1.807) is 0 Å². The molecule has 2 heterocycles. The molecule has 1 unspecified atom stereocenters. The van der Waals surface area contributed by atoms with Gasteiger partial charge in [0.1, 0.15) is 11.7 Å². The van der Waals surface area contributed by atoms with Gasteiger partial charge < -0.3 is 14.7 Å². The van der Waals surface area contributed by atoms with Crippen molar-refractivity contribution in [2.45, 2.75) is 24.6 Å². The number of β-amino-alcohol motifs (C(OH)–C–C–N with tert-alkyl or cyclic N) is 1. The monoisotopic (exact) mass is 313 g/mol. The second kappa shape index (κ2) is 5.24. The van der Waals surface area contributed by atoms with E-state index in [2.05, 4.69) is 14.9 Å². The fourth-order valence-corrected chi connectivity index (χ4v) is 1.97. The number of hydrogen-bond acceptors (Lipinski definition) is 5. The predicted molar refractivity (Wildman–Crippen MR) is 61.4 cm³/mol. The number of aliphatic hydroxyl groups is 1. The van der Waals surface area contributed by atoms with Crippen LogP contribution in [0.5, 0.6) is 5.88 Å². The van der Waals surface area contributed by atoms with Gasteiger partial charge in [0.25, 0.3) is 5.92 Å². The van der Waals surface area contributed by atoms with Gasteiger partial charge in [-0.25, -0.2) is 8.78 Å². The van der Waals surface area contributed by atoms with Gasteiger partial charge in [0.2, 0.25) is 5.88 Å². The first-order valence-corrected chi connectivity index (χ1v) is 5.95. The Bertz CT molecular complexity index is 523. The Labute approximate surface area is 116 Å². The Hall–Kier alpha value is -1.71. The SMILES string of the molecule is COc1nnc(N2CCC(F)(F)C(O)C2)cc1C(F)(F)F. The largest absolute Gasteiger partial charge is 0.479 e. The van der Waals surface area contributed by atoms with Gasteiger partial charge in [0.15, 0.2) is 5.82 Å². The lowest BCUT2D eigenvalue weighted by atomic mass is 10.0. The molecule has 5 nitrogen and oxygen atoms in total. The van der Waals surface area contributed by atoms with Crippen molar-refractivity contribution in [3.05, 3.63) is 11.6 Å². The number of piperidine rings is 1. The normalized spacial score (nSPS) is 22.2. The van der Waals surface area contributed by atoms with E-state index in [4.69, 9.17) is 0 Å². The van der Waals surface area contributed by atoms with Crippen LogP contribution in [-0.2, 0) is 6.18 Å². The van der Waals surface area contributed by atoms with Gasteiger partial charge in [-0.3, -0.25) is 0 Å². The Kier molecular flexibility index (Phi) is 3.91. The van der Waals surface area contributed by atoms with Crippen LogP contribution in [0, 0.1) is 0 Å². The number of aromatic nitrogens is 2. The van der Waals surface area contributed by atoms with E-state index in [-0.39, 0.29) is 12.4 Å². The zero-order valence-electron chi connectivity index (χ0n) is 10.9. The third-order valence-corrected chi connectivity index (χ3v) is 3.17. The highest BCUT2D eigenvalue weighted by atomic mass is 19.4. The number of halogens is 5. The number of nitrogens with zero attached hydrogens (tertiary/aromatic N) is 3. The molecule has 1 atom stereocenters. The highest BCUT2D eigenvalue weighted by Crippen LogP contribution is 2.37. The van der Waals surface area contributed by atoms with Crippen LogP contribution >= 0.6 is 0 Å². The van der Waals surface area contributed by atoms with Crippen LogP contribution in [0.2, 0.25) is 0 Å². The quantitative estimate of drug-likeness (QED) is 0.843. The lowest BCUT2D eigenvalue weighted by Crippen LogP contribution is -2.51. The Morgan fingerprint density at radius 2 is 2.05 bits per heavy atom. The summed E-state index contributed by atoms with van der Waals surface area (Å²) in [6.45, 7) is -0.756. The molecule has 21 heavy (non-hydrogen) atoms. The molecule has 0 bridgehead atoms. The highest BCUT2D eigenvalue weighted by molar-refractivity contribution is 5.45. The molecule has 10 heteroatoms. The van der Waals surface area contributed by atoms with Crippen molar-refractivity contribution in [3.63, 3.8) is 0 Å². The summed E-state index contributed by atoms with van der Waals surface area (Å²) in [7, 11) is 1.02. The average molecular weight is 313 g/mol. The number of rotatable bonds is 2. The summed E-state index contributed by atoms with van der Waals surface area (Å²) >= 11 is 0. The minimum Gasteiger partial charge on any atom is -0.479 e. The number of alkyl halides is 5. The van der Waals surface area contributed by atoms with E-state index in [1.807, 2.05) is 0 Å². The van der Waals surface area contributed by atoms with Gasteiger partial charge in [-0.1, -0.05) is 0 Å². The molecule has 0 radical (unpaired) electrons. The zero-order chi connectivity index (χ0) is 15.8. The lowest BCUT2D eigenvalue weighted by molar-refractivity contribution is -0.139. The van der Waals surface area contributed by atoms with Crippen LogP contribution in [0.4, 0.5) is 27.8 Å². The lowest BCUT2D eigenvalue weighted by Gasteiger charge is -2.36. The molecule has 0 aromatic carbocycles. The first-order valence-electron chi connectivity index (χ1n) is 5.95. The molecule has 1 fully saturated rings. The minimum absolute atomic E-state index is 0.234. The van der Waals surface area contributed by atoms with E-state index in [9.17, 15) is 27.1 Å². The van der Waals surface area contributed by atoms with Crippen LogP contribution in [0.3, 0.4) is 0 Å². The van der Waals surface area contributed by atoms with Crippen LogP contribution in [0.1, 0.15) is 12.0 Å². The predicted octanol–water partition coefficient (Wildman–Crippen LogP) is 1.71. The Morgan fingerprint density at radius 1 is 1.38 bits per heavy atom. The second-order valence-corrected chi connectivity index (χ2v) is 4.60. The molecule has 0 spiro atoms. The first-order chi connectivity index (χ1) is 9.65. The Balaban J connectivity index is 2.30. The van der Waals surface area contributed by atoms with Gasteiger partial charge in [-0.05, 0) is 0 Å². The van der Waals surface area contributed by atoms with Crippen molar-refractivity contribution in [2.24, 2.45) is 0 Å². The molecule has 0 amide bonds. The fraction of sp³-hybridized carbons (Fsp3) is 0.636. The van der Waals surface area contributed by atoms with E-state index in [0.29, 0.717) is 6.07 Å². The molecule has 1 aromatic heterocycles. The second-order valence-electron chi connectivity index (χ2n) is 4.60. The smallest absolute Gasteiger partial charge is 0.421 e. The van der Waals surface area contributed by atoms with Gasteiger partial charge in [0, 0.05) is 19.0 Å². The third-order valence-electron chi connectivity index (χ3n) is 3.17. The van der Waals surface area contributed by atoms with Crippen LogP contribution < -0.4 is 9.64 Å². The molecule has 1 saturated heterocycles. The fourth-order valence-electron chi connectivity index (χ4n) is 1.97. The van der Waals surface area contributed by atoms with Gasteiger partial charge in [-0.2, -0.15) is 13.2 Å². The van der Waals surface area contributed by atoms with Crippen molar-refractivity contribution in [3.8, 4) is 5.88 Å². The van der Waals surface area contributed by atoms with Crippen LogP contribution in [0.25, 0.3) is 0 Å². The average Bonchev–Trinajstić information content (AvgIpc) is 2.40. The zero-order valence-corrected chi connectivity index (χ0v) is 10.9. The molecule has 1 aliphatic rings. The maximum Gasteiger partial charge on any atom is 0.421 e. The minimum atomic E-state index is -4.71. The molecule has 0 saturated carbocycles. The topological polar surface area (TPSA) is 58.5 Å². The van der Waals surface area contributed by atoms with E-state index >= 15 is 0 Å². The van der Waals surface area contributed by atoms with Crippen molar-refractivity contribution in [1.29, 1.82) is 0 Å². The first kappa shape index (κ1) is 15.7. The van der Waals surface area contributed by atoms with Crippen molar-refractivity contribution in [2.75, 3.05) is 25.1 Å². The summed E-state index contributed by atoms with van der Waals surface area (Å²) in [5.74, 6) is -4.20. The molecule has 2 rings (SSSR count). The number of anilines is 1. The van der Waals surface area contributed by atoms with Crippen molar-refractivity contribution in [1.82, 2.24) is 10.2 Å².